The number of hydrogen-bond acceptors (Lipinski definition) is 2. The standard InChI is InChI=1S/C13H25NO3/c1-13(2,3)14(12(16)17)11-6-4-10(5-7-11)8-9-15/h10-11,15H,4-9H2,1-3H3,(H,16,17)/t10-,11-. The Kier molecular flexibility index (Phi) is 4.80. The van der Waals surface area contributed by atoms with Crippen LogP contribution in [0.5, 0.6) is 0 Å². The van der Waals surface area contributed by atoms with Gasteiger partial charge in [0.05, 0.1) is 0 Å². The van der Waals surface area contributed by atoms with Gasteiger partial charge in [-0.05, 0) is 58.8 Å². The molecule has 1 aliphatic carbocycles. The van der Waals surface area contributed by atoms with Crippen LogP contribution in [0.1, 0.15) is 52.9 Å². The van der Waals surface area contributed by atoms with Gasteiger partial charge < -0.3 is 15.1 Å². The van der Waals surface area contributed by atoms with Gasteiger partial charge in [0.2, 0.25) is 0 Å². The summed E-state index contributed by atoms with van der Waals surface area (Å²) in [6.45, 7) is 6.08. The average Bonchev–Trinajstić information content (AvgIpc) is 2.18. The van der Waals surface area contributed by atoms with Crippen molar-refractivity contribution in [2.24, 2.45) is 5.92 Å². The maximum Gasteiger partial charge on any atom is 0.407 e. The molecular weight excluding hydrogens is 218 g/mol. The second-order valence-corrected chi connectivity index (χ2v) is 6.01. The van der Waals surface area contributed by atoms with E-state index in [-0.39, 0.29) is 18.2 Å². The average molecular weight is 243 g/mol. The third kappa shape index (κ3) is 3.87. The quantitative estimate of drug-likeness (QED) is 0.801. The minimum Gasteiger partial charge on any atom is -0.465 e. The molecule has 0 aliphatic heterocycles. The summed E-state index contributed by atoms with van der Waals surface area (Å²) in [5, 5.41) is 18.2. The molecule has 0 aromatic rings. The van der Waals surface area contributed by atoms with Crippen LogP contribution >= 0.6 is 0 Å². The Morgan fingerprint density at radius 2 is 1.76 bits per heavy atom. The molecule has 0 spiro atoms. The van der Waals surface area contributed by atoms with Crippen molar-refractivity contribution in [3.8, 4) is 0 Å². The molecule has 0 saturated heterocycles. The summed E-state index contributed by atoms with van der Waals surface area (Å²) in [6, 6.07) is 0.141. The van der Waals surface area contributed by atoms with E-state index in [0.29, 0.717) is 5.92 Å². The van der Waals surface area contributed by atoms with Crippen molar-refractivity contribution in [1.29, 1.82) is 0 Å². The van der Waals surface area contributed by atoms with Crippen molar-refractivity contribution in [3.05, 3.63) is 0 Å². The zero-order valence-electron chi connectivity index (χ0n) is 11.1. The summed E-state index contributed by atoms with van der Waals surface area (Å²) >= 11 is 0. The molecule has 17 heavy (non-hydrogen) atoms. The van der Waals surface area contributed by atoms with Crippen molar-refractivity contribution in [3.63, 3.8) is 0 Å². The molecule has 0 heterocycles. The van der Waals surface area contributed by atoms with Crippen LogP contribution < -0.4 is 0 Å². The van der Waals surface area contributed by atoms with E-state index in [9.17, 15) is 9.90 Å². The SMILES string of the molecule is CC(C)(C)N(C(=O)O)[C@H]1CC[C@H](CCO)CC1. The first kappa shape index (κ1) is 14.3. The topological polar surface area (TPSA) is 60.8 Å². The highest BCUT2D eigenvalue weighted by molar-refractivity contribution is 5.66. The zero-order chi connectivity index (χ0) is 13.1. The van der Waals surface area contributed by atoms with E-state index in [2.05, 4.69) is 0 Å². The fraction of sp³-hybridized carbons (Fsp3) is 0.923. The Hall–Kier alpha value is -0.770. The summed E-state index contributed by atoms with van der Waals surface area (Å²) in [4.78, 5) is 12.9. The number of nitrogens with zero attached hydrogens (tertiary/aromatic N) is 1. The van der Waals surface area contributed by atoms with Gasteiger partial charge in [-0.3, -0.25) is 0 Å². The highest BCUT2D eigenvalue weighted by Gasteiger charge is 2.35. The van der Waals surface area contributed by atoms with Crippen LogP contribution in [0.2, 0.25) is 0 Å². The molecule has 0 unspecified atom stereocenters. The van der Waals surface area contributed by atoms with E-state index in [1.807, 2.05) is 20.8 Å². The molecule has 2 N–H and O–H groups in total. The predicted molar refractivity (Wildman–Crippen MR) is 67.1 cm³/mol. The Morgan fingerprint density at radius 3 is 2.12 bits per heavy atom. The lowest BCUT2D eigenvalue weighted by molar-refractivity contribution is 0.0482. The van der Waals surface area contributed by atoms with Gasteiger partial charge in [-0.2, -0.15) is 0 Å². The summed E-state index contributed by atoms with van der Waals surface area (Å²) in [6.07, 6.45) is 3.96. The summed E-state index contributed by atoms with van der Waals surface area (Å²) in [7, 11) is 0. The summed E-state index contributed by atoms with van der Waals surface area (Å²) in [5.41, 5.74) is -0.333. The summed E-state index contributed by atoms with van der Waals surface area (Å²) in [5.74, 6) is 0.576. The van der Waals surface area contributed by atoms with Gasteiger partial charge in [-0.25, -0.2) is 4.79 Å². The lowest BCUT2D eigenvalue weighted by Crippen LogP contribution is -2.52. The second kappa shape index (κ2) is 5.71. The zero-order valence-corrected chi connectivity index (χ0v) is 11.1. The molecule has 0 atom stereocenters. The molecule has 100 valence electrons. The van der Waals surface area contributed by atoms with Gasteiger partial charge in [-0.15, -0.1) is 0 Å². The molecule has 0 bridgehead atoms. The van der Waals surface area contributed by atoms with E-state index in [1.54, 1.807) is 4.90 Å². The van der Waals surface area contributed by atoms with Gasteiger partial charge >= 0.3 is 6.09 Å². The number of hydrogen-bond donors (Lipinski definition) is 2. The first-order chi connectivity index (χ1) is 7.86. The van der Waals surface area contributed by atoms with Crippen molar-refractivity contribution in [2.75, 3.05) is 6.61 Å². The monoisotopic (exact) mass is 243 g/mol. The Balaban J connectivity index is 2.59. The lowest BCUT2D eigenvalue weighted by atomic mass is 9.82. The number of aliphatic hydroxyl groups is 1. The Labute approximate surface area is 104 Å². The maximum atomic E-state index is 11.3. The highest BCUT2D eigenvalue weighted by Crippen LogP contribution is 2.32. The maximum absolute atomic E-state index is 11.3. The normalized spacial score (nSPS) is 25.6. The van der Waals surface area contributed by atoms with Crippen molar-refractivity contribution in [2.45, 2.75) is 64.5 Å². The van der Waals surface area contributed by atoms with Crippen molar-refractivity contribution < 1.29 is 15.0 Å². The van der Waals surface area contributed by atoms with Gasteiger partial charge in [0.15, 0.2) is 0 Å². The third-order valence-electron chi connectivity index (χ3n) is 3.65. The number of amides is 1. The van der Waals surface area contributed by atoms with Crippen LogP contribution in [-0.4, -0.2) is 39.4 Å². The van der Waals surface area contributed by atoms with Crippen LogP contribution in [0.15, 0.2) is 0 Å². The van der Waals surface area contributed by atoms with E-state index in [4.69, 9.17) is 5.11 Å². The number of aliphatic hydroxyl groups excluding tert-OH is 1. The van der Waals surface area contributed by atoms with E-state index in [0.717, 1.165) is 32.1 Å². The van der Waals surface area contributed by atoms with Crippen LogP contribution in [-0.2, 0) is 0 Å². The van der Waals surface area contributed by atoms with Gasteiger partial charge in [0.1, 0.15) is 0 Å². The van der Waals surface area contributed by atoms with E-state index >= 15 is 0 Å². The first-order valence-electron chi connectivity index (χ1n) is 6.49. The number of carboxylic acid groups (broad SMARTS) is 1. The molecule has 1 aliphatic rings. The highest BCUT2D eigenvalue weighted by atomic mass is 16.4. The molecule has 0 aromatic heterocycles. The van der Waals surface area contributed by atoms with Crippen LogP contribution in [0.3, 0.4) is 0 Å². The van der Waals surface area contributed by atoms with Crippen LogP contribution in [0, 0.1) is 5.92 Å². The van der Waals surface area contributed by atoms with Gasteiger partial charge in [0.25, 0.3) is 0 Å². The molecule has 1 amide bonds. The first-order valence-corrected chi connectivity index (χ1v) is 6.49. The molecule has 0 aromatic carbocycles. The lowest BCUT2D eigenvalue weighted by Gasteiger charge is -2.42. The predicted octanol–water partition coefficient (Wildman–Crippen LogP) is 2.71. The van der Waals surface area contributed by atoms with Crippen molar-refractivity contribution >= 4 is 6.09 Å². The molecule has 1 rings (SSSR count). The van der Waals surface area contributed by atoms with E-state index < -0.39 is 6.09 Å². The van der Waals surface area contributed by atoms with Crippen molar-refractivity contribution in [1.82, 2.24) is 4.90 Å². The molecule has 0 radical (unpaired) electrons. The Bertz CT molecular complexity index is 252. The fourth-order valence-electron chi connectivity index (χ4n) is 2.87. The van der Waals surface area contributed by atoms with Gasteiger partial charge in [-0.1, -0.05) is 0 Å². The smallest absolute Gasteiger partial charge is 0.407 e. The minimum absolute atomic E-state index is 0.141. The number of rotatable bonds is 3. The molecule has 4 heteroatoms. The second-order valence-electron chi connectivity index (χ2n) is 6.01. The third-order valence-corrected chi connectivity index (χ3v) is 3.65. The van der Waals surface area contributed by atoms with Crippen LogP contribution in [0.4, 0.5) is 4.79 Å². The molecule has 4 nitrogen and oxygen atoms in total. The Morgan fingerprint density at radius 1 is 1.24 bits per heavy atom. The minimum atomic E-state index is -0.817. The van der Waals surface area contributed by atoms with Crippen LogP contribution in [0.25, 0.3) is 0 Å². The summed E-state index contributed by atoms with van der Waals surface area (Å²) < 4.78 is 0. The molecule has 1 fully saturated rings. The molecule has 1 saturated carbocycles. The van der Waals surface area contributed by atoms with Gasteiger partial charge in [0, 0.05) is 18.2 Å². The fourth-order valence-corrected chi connectivity index (χ4v) is 2.87. The largest absolute Gasteiger partial charge is 0.465 e. The van der Waals surface area contributed by atoms with E-state index in [1.165, 1.54) is 0 Å². The number of carbonyl (C=O) groups is 1. The molecular formula is C13H25NO3.